The highest BCUT2D eigenvalue weighted by atomic mass is 16.2. The number of carbonyl (C=O) groups excluding carboxylic acids is 1. The molecule has 15 heavy (non-hydrogen) atoms. The lowest BCUT2D eigenvalue weighted by atomic mass is 10.3. The van der Waals surface area contributed by atoms with Crippen LogP contribution in [0.1, 0.15) is 29.0 Å². The van der Waals surface area contributed by atoms with Crippen molar-refractivity contribution in [2.24, 2.45) is 7.05 Å². The van der Waals surface area contributed by atoms with Crippen LogP contribution in [0.2, 0.25) is 0 Å². The maximum atomic E-state index is 11.6. The second kappa shape index (κ2) is 5.50. The monoisotopic (exact) mass is 211 g/mol. The van der Waals surface area contributed by atoms with E-state index < -0.39 is 0 Å². The van der Waals surface area contributed by atoms with Gasteiger partial charge in [-0.3, -0.25) is 9.48 Å². The van der Waals surface area contributed by atoms with Crippen LogP contribution in [0, 0.1) is 6.92 Å². The summed E-state index contributed by atoms with van der Waals surface area (Å²) in [6.07, 6.45) is 1.50. The molecular formula is C10H17N3O2. The van der Waals surface area contributed by atoms with Crippen molar-refractivity contribution in [3.63, 3.8) is 0 Å². The fourth-order valence-corrected chi connectivity index (χ4v) is 1.35. The highest BCUT2D eigenvalue weighted by Gasteiger charge is 2.10. The van der Waals surface area contributed by atoms with Gasteiger partial charge in [0.25, 0.3) is 5.91 Å². The van der Waals surface area contributed by atoms with Gasteiger partial charge in [0.1, 0.15) is 5.69 Å². The number of amides is 1. The molecule has 2 N–H and O–H groups in total. The number of carbonyl (C=O) groups is 1. The fraction of sp³-hybridized carbons (Fsp3) is 0.600. The zero-order valence-electron chi connectivity index (χ0n) is 9.16. The Balaban J connectivity index is 2.43. The Kier molecular flexibility index (Phi) is 4.30. The van der Waals surface area contributed by atoms with Gasteiger partial charge in [-0.05, 0) is 25.8 Å². The first kappa shape index (κ1) is 11.7. The summed E-state index contributed by atoms with van der Waals surface area (Å²) in [4.78, 5) is 11.6. The minimum absolute atomic E-state index is 0.115. The van der Waals surface area contributed by atoms with Crippen LogP contribution in [0.3, 0.4) is 0 Å². The number of aliphatic hydroxyl groups excluding tert-OH is 1. The van der Waals surface area contributed by atoms with Gasteiger partial charge in [0.05, 0.1) is 5.69 Å². The first-order chi connectivity index (χ1) is 7.15. The summed E-state index contributed by atoms with van der Waals surface area (Å²) < 4.78 is 1.57. The minimum atomic E-state index is -0.115. The van der Waals surface area contributed by atoms with E-state index in [2.05, 4.69) is 10.4 Å². The van der Waals surface area contributed by atoms with E-state index >= 15 is 0 Å². The molecular weight excluding hydrogens is 194 g/mol. The van der Waals surface area contributed by atoms with Gasteiger partial charge in [0.2, 0.25) is 0 Å². The van der Waals surface area contributed by atoms with Crippen molar-refractivity contribution in [1.82, 2.24) is 15.1 Å². The Labute approximate surface area is 89.1 Å². The Bertz CT molecular complexity index is 333. The molecule has 1 amide bonds. The van der Waals surface area contributed by atoms with Crippen molar-refractivity contribution >= 4 is 5.91 Å². The van der Waals surface area contributed by atoms with E-state index in [4.69, 9.17) is 5.11 Å². The molecule has 1 aromatic heterocycles. The van der Waals surface area contributed by atoms with Gasteiger partial charge in [0, 0.05) is 20.2 Å². The summed E-state index contributed by atoms with van der Waals surface area (Å²) in [5.41, 5.74) is 1.40. The average Bonchev–Trinajstić information content (AvgIpc) is 2.52. The summed E-state index contributed by atoms with van der Waals surface area (Å²) in [6.45, 7) is 2.60. The highest BCUT2D eigenvalue weighted by Crippen LogP contribution is 2.01. The molecule has 1 aromatic rings. The molecule has 0 radical (unpaired) electrons. The van der Waals surface area contributed by atoms with Crippen LogP contribution < -0.4 is 5.32 Å². The van der Waals surface area contributed by atoms with Crippen molar-refractivity contribution in [2.75, 3.05) is 13.2 Å². The van der Waals surface area contributed by atoms with Gasteiger partial charge < -0.3 is 10.4 Å². The largest absolute Gasteiger partial charge is 0.396 e. The second-order valence-corrected chi connectivity index (χ2v) is 3.48. The van der Waals surface area contributed by atoms with E-state index in [1.807, 2.05) is 6.92 Å². The Morgan fingerprint density at radius 3 is 2.87 bits per heavy atom. The number of aromatic nitrogens is 2. The number of nitrogens with one attached hydrogen (secondary N) is 1. The van der Waals surface area contributed by atoms with Crippen molar-refractivity contribution < 1.29 is 9.90 Å². The Hall–Kier alpha value is -1.36. The summed E-state index contributed by atoms with van der Waals surface area (Å²) in [6, 6.07) is 1.75. The summed E-state index contributed by atoms with van der Waals surface area (Å²) in [5, 5.41) is 15.4. The van der Waals surface area contributed by atoms with Crippen LogP contribution in [-0.2, 0) is 7.05 Å². The zero-order valence-corrected chi connectivity index (χ0v) is 9.16. The molecule has 0 aliphatic rings. The van der Waals surface area contributed by atoms with Crippen LogP contribution in [0.4, 0.5) is 0 Å². The van der Waals surface area contributed by atoms with Crippen LogP contribution in [0.5, 0.6) is 0 Å². The second-order valence-electron chi connectivity index (χ2n) is 3.48. The molecule has 0 saturated carbocycles. The van der Waals surface area contributed by atoms with Crippen LogP contribution in [0.15, 0.2) is 6.07 Å². The van der Waals surface area contributed by atoms with E-state index in [0.717, 1.165) is 12.1 Å². The third-order valence-electron chi connectivity index (χ3n) is 2.11. The van der Waals surface area contributed by atoms with E-state index in [-0.39, 0.29) is 12.5 Å². The smallest absolute Gasteiger partial charge is 0.269 e. The van der Waals surface area contributed by atoms with Crippen molar-refractivity contribution in [3.8, 4) is 0 Å². The standard InChI is InChI=1S/C10H17N3O2/c1-8-7-9(13(2)12-8)10(15)11-5-3-4-6-14/h7,14H,3-6H2,1-2H3,(H,11,15). The van der Waals surface area contributed by atoms with Gasteiger partial charge in [-0.2, -0.15) is 5.10 Å². The zero-order chi connectivity index (χ0) is 11.3. The molecule has 0 bridgehead atoms. The maximum Gasteiger partial charge on any atom is 0.269 e. The van der Waals surface area contributed by atoms with Gasteiger partial charge >= 0.3 is 0 Å². The number of aryl methyl sites for hydroxylation is 2. The highest BCUT2D eigenvalue weighted by molar-refractivity contribution is 5.92. The average molecular weight is 211 g/mol. The molecule has 84 valence electrons. The van der Waals surface area contributed by atoms with Crippen molar-refractivity contribution in [1.29, 1.82) is 0 Å². The molecule has 1 heterocycles. The quantitative estimate of drug-likeness (QED) is 0.685. The number of hydrogen-bond donors (Lipinski definition) is 2. The fourth-order valence-electron chi connectivity index (χ4n) is 1.35. The number of unbranched alkanes of at least 4 members (excludes halogenated alkanes) is 1. The SMILES string of the molecule is Cc1cc(C(=O)NCCCCO)n(C)n1. The molecule has 0 atom stereocenters. The normalized spacial score (nSPS) is 10.3. The van der Waals surface area contributed by atoms with Crippen LogP contribution >= 0.6 is 0 Å². The Morgan fingerprint density at radius 1 is 1.60 bits per heavy atom. The summed E-state index contributed by atoms with van der Waals surface area (Å²) in [5.74, 6) is -0.115. The predicted molar refractivity (Wildman–Crippen MR) is 56.6 cm³/mol. The van der Waals surface area contributed by atoms with Crippen molar-refractivity contribution in [2.45, 2.75) is 19.8 Å². The molecule has 5 heteroatoms. The summed E-state index contributed by atoms with van der Waals surface area (Å²) >= 11 is 0. The van der Waals surface area contributed by atoms with E-state index in [9.17, 15) is 4.79 Å². The predicted octanol–water partition coefficient (Wildman–Crippen LogP) is 0.231. The number of rotatable bonds is 5. The Morgan fingerprint density at radius 2 is 2.33 bits per heavy atom. The third-order valence-corrected chi connectivity index (χ3v) is 2.11. The van der Waals surface area contributed by atoms with Crippen LogP contribution in [0.25, 0.3) is 0 Å². The lowest BCUT2D eigenvalue weighted by molar-refractivity contribution is 0.0942. The molecule has 0 saturated heterocycles. The number of aliphatic hydroxyl groups is 1. The van der Waals surface area contributed by atoms with Crippen LogP contribution in [-0.4, -0.2) is 33.9 Å². The third kappa shape index (κ3) is 3.36. The van der Waals surface area contributed by atoms with E-state index in [1.165, 1.54) is 0 Å². The number of hydrogen-bond acceptors (Lipinski definition) is 3. The summed E-state index contributed by atoms with van der Waals surface area (Å²) in [7, 11) is 1.75. The van der Waals surface area contributed by atoms with Gasteiger partial charge in [-0.15, -0.1) is 0 Å². The van der Waals surface area contributed by atoms with E-state index in [1.54, 1.807) is 17.8 Å². The lowest BCUT2D eigenvalue weighted by Crippen LogP contribution is -2.26. The molecule has 0 fully saturated rings. The molecule has 0 aromatic carbocycles. The molecule has 0 spiro atoms. The first-order valence-electron chi connectivity index (χ1n) is 5.05. The topological polar surface area (TPSA) is 67.2 Å². The molecule has 5 nitrogen and oxygen atoms in total. The van der Waals surface area contributed by atoms with Gasteiger partial charge in [-0.1, -0.05) is 0 Å². The lowest BCUT2D eigenvalue weighted by Gasteiger charge is -2.03. The van der Waals surface area contributed by atoms with E-state index in [0.29, 0.717) is 18.7 Å². The van der Waals surface area contributed by atoms with Crippen molar-refractivity contribution in [3.05, 3.63) is 17.5 Å². The number of nitrogens with zero attached hydrogens (tertiary/aromatic N) is 2. The molecule has 0 aliphatic heterocycles. The molecule has 0 unspecified atom stereocenters. The maximum absolute atomic E-state index is 11.6. The van der Waals surface area contributed by atoms with Gasteiger partial charge in [0.15, 0.2) is 0 Å². The first-order valence-corrected chi connectivity index (χ1v) is 5.05. The minimum Gasteiger partial charge on any atom is -0.396 e. The van der Waals surface area contributed by atoms with Gasteiger partial charge in [-0.25, -0.2) is 0 Å². The molecule has 0 aliphatic carbocycles. The molecule has 1 rings (SSSR count).